The zero-order valence-corrected chi connectivity index (χ0v) is 25.0. The van der Waals surface area contributed by atoms with E-state index < -0.39 is 0 Å². The number of nitrogens with zero attached hydrogens (tertiary/aromatic N) is 1. The molecule has 1 aromatic carbocycles. The molecule has 37 heavy (non-hydrogen) atoms. The molecule has 1 aliphatic heterocycles. The smallest absolute Gasteiger partial charge is 0.244 e. The molecule has 6 heteroatoms. The molecule has 1 unspecified atom stereocenters. The van der Waals surface area contributed by atoms with E-state index in [-0.39, 0.29) is 22.4 Å². The predicted octanol–water partition coefficient (Wildman–Crippen LogP) is 8.92. The molecule has 5 nitrogen and oxygen atoms in total. The first kappa shape index (κ1) is 31.5. The van der Waals surface area contributed by atoms with Crippen molar-refractivity contribution in [1.29, 1.82) is 0 Å². The van der Waals surface area contributed by atoms with Crippen molar-refractivity contribution in [1.82, 2.24) is 0 Å². The van der Waals surface area contributed by atoms with Crippen molar-refractivity contribution in [2.45, 2.75) is 154 Å². The van der Waals surface area contributed by atoms with Gasteiger partial charge in [0.25, 0.3) is 0 Å². The molecule has 0 aromatic heterocycles. The number of fused-ring (bicyclic) bond motifs is 1. The largest absolute Gasteiger partial charge is 0.506 e. The minimum absolute atomic E-state index is 0.143. The Balaban J connectivity index is 1.76. The van der Waals surface area contributed by atoms with Crippen LogP contribution >= 0.6 is 11.8 Å². The molecule has 0 saturated heterocycles. The van der Waals surface area contributed by atoms with Crippen molar-refractivity contribution >= 4 is 22.8 Å². The summed E-state index contributed by atoms with van der Waals surface area (Å²) in [5.41, 5.74) is 8.51. The minimum atomic E-state index is -0.348. The molecular weight excluding hydrogens is 480 g/mol. The van der Waals surface area contributed by atoms with Crippen molar-refractivity contribution in [2.24, 2.45) is 10.7 Å². The molecule has 0 aliphatic carbocycles. The van der Waals surface area contributed by atoms with Gasteiger partial charge in [0.2, 0.25) is 5.91 Å². The second kappa shape index (κ2) is 16.3. The van der Waals surface area contributed by atoms with Crippen molar-refractivity contribution < 1.29 is 14.6 Å². The average molecular weight is 533 g/mol. The number of amidine groups is 1. The number of benzene rings is 1. The normalized spacial score (nSPS) is 17.5. The zero-order valence-electron chi connectivity index (χ0n) is 24.2. The number of aliphatic imine (C=N–C) groups is 1. The molecule has 1 amide bonds. The number of thioether (sulfide) groups is 1. The van der Waals surface area contributed by atoms with Gasteiger partial charge in [-0.1, -0.05) is 90.4 Å². The van der Waals surface area contributed by atoms with E-state index in [1.54, 1.807) is 0 Å². The summed E-state index contributed by atoms with van der Waals surface area (Å²) >= 11 is 1.15. The Labute approximate surface area is 230 Å². The summed E-state index contributed by atoms with van der Waals surface area (Å²) in [6, 6.07) is 0. The number of carbonyl (C=O) groups is 1. The Morgan fingerprint density at radius 3 is 1.97 bits per heavy atom. The number of aromatic hydroxyl groups is 1. The van der Waals surface area contributed by atoms with Crippen molar-refractivity contribution in [2.75, 3.05) is 0 Å². The lowest BCUT2D eigenvalue weighted by molar-refractivity contribution is -0.115. The summed E-state index contributed by atoms with van der Waals surface area (Å²) in [5, 5.41) is 11.0. The summed E-state index contributed by atoms with van der Waals surface area (Å²) in [6.45, 7) is 9.78. The fourth-order valence-electron chi connectivity index (χ4n) is 5.30. The van der Waals surface area contributed by atoms with Crippen LogP contribution in [0.1, 0.15) is 140 Å². The van der Waals surface area contributed by atoms with Crippen molar-refractivity contribution in [3.8, 4) is 11.5 Å². The van der Waals surface area contributed by atoms with Crippen LogP contribution in [-0.4, -0.2) is 21.8 Å². The third kappa shape index (κ3) is 10.5. The predicted molar refractivity (Wildman–Crippen MR) is 158 cm³/mol. The van der Waals surface area contributed by atoms with Gasteiger partial charge in [-0.05, 0) is 69.3 Å². The van der Waals surface area contributed by atoms with Gasteiger partial charge in [0.15, 0.2) is 5.17 Å². The third-order valence-corrected chi connectivity index (χ3v) is 8.75. The number of rotatable bonds is 16. The quantitative estimate of drug-likeness (QED) is 0.0960. The Kier molecular flexibility index (Phi) is 13.9. The van der Waals surface area contributed by atoms with Gasteiger partial charge in [-0.2, -0.15) is 4.99 Å². The van der Waals surface area contributed by atoms with Crippen LogP contribution < -0.4 is 10.5 Å². The molecule has 0 spiro atoms. The number of hydrogen-bond acceptors (Lipinski definition) is 4. The number of carbonyl (C=O) groups excluding carboxylic acids is 1. The van der Waals surface area contributed by atoms with Crippen LogP contribution in [0.2, 0.25) is 0 Å². The number of phenolic OH excluding ortho intramolecular Hbond substituents is 1. The van der Waals surface area contributed by atoms with E-state index in [1.807, 2.05) is 13.8 Å². The van der Waals surface area contributed by atoms with Crippen LogP contribution in [-0.2, 0) is 11.2 Å². The second-order valence-electron chi connectivity index (χ2n) is 11.2. The topological polar surface area (TPSA) is 84.9 Å². The van der Waals surface area contributed by atoms with E-state index in [4.69, 9.17) is 10.5 Å². The Hall–Kier alpha value is -1.69. The number of nitrogens with two attached hydrogens (primary N) is 1. The highest BCUT2D eigenvalue weighted by atomic mass is 32.2. The van der Waals surface area contributed by atoms with Gasteiger partial charge in [0.1, 0.15) is 17.1 Å². The average Bonchev–Trinajstić information content (AvgIpc) is 2.85. The van der Waals surface area contributed by atoms with Crippen LogP contribution in [0, 0.1) is 13.8 Å². The molecule has 2 rings (SSSR count). The SMILES string of the molecule is CCCCCCCCCCCCCCCCC1(C)CCc2c(c(C)c(C)c(O)c2SC(N)=NC(C)=O)O1. The second-order valence-corrected chi connectivity index (χ2v) is 12.2. The molecule has 1 heterocycles. The molecule has 210 valence electrons. The molecule has 0 bridgehead atoms. The number of ether oxygens (including phenoxy) is 1. The van der Waals surface area contributed by atoms with E-state index >= 15 is 0 Å². The first-order valence-electron chi connectivity index (χ1n) is 14.7. The van der Waals surface area contributed by atoms with E-state index in [9.17, 15) is 9.90 Å². The summed E-state index contributed by atoms with van der Waals surface area (Å²) < 4.78 is 6.63. The van der Waals surface area contributed by atoms with Gasteiger partial charge in [-0.3, -0.25) is 4.79 Å². The van der Waals surface area contributed by atoms with Gasteiger partial charge in [0.05, 0.1) is 4.90 Å². The van der Waals surface area contributed by atoms with Gasteiger partial charge in [0, 0.05) is 12.5 Å². The molecule has 0 fully saturated rings. The maximum atomic E-state index is 11.3. The van der Waals surface area contributed by atoms with Gasteiger partial charge in [-0.25, -0.2) is 0 Å². The fraction of sp³-hybridized carbons (Fsp3) is 0.742. The highest BCUT2D eigenvalue weighted by Gasteiger charge is 2.35. The standard InChI is InChI=1S/C31H52N2O3S/c1-6-7-8-9-10-11-12-13-14-15-16-17-18-19-21-31(5)22-20-26-28(36-31)24(3)23(2)27(35)29(26)37-30(32)33-25(4)34/h35H,6-22H2,1-5H3,(H2,32,33,34). The summed E-state index contributed by atoms with van der Waals surface area (Å²) in [5.74, 6) is 0.730. The molecule has 1 aliphatic rings. The number of phenols is 1. The summed E-state index contributed by atoms with van der Waals surface area (Å²) in [4.78, 5) is 15.8. The third-order valence-electron chi connectivity index (χ3n) is 7.81. The first-order chi connectivity index (χ1) is 17.7. The van der Waals surface area contributed by atoms with Gasteiger partial charge >= 0.3 is 0 Å². The fourth-order valence-corrected chi connectivity index (χ4v) is 6.26. The maximum absolute atomic E-state index is 11.3. The highest BCUT2D eigenvalue weighted by molar-refractivity contribution is 8.14. The lowest BCUT2D eigenvalue weighted by Crippen LogP contribution is -2.37. The molecule has 1 aromatic rings. The van der Waals surface area contributed by atoms with E-state index in [0.717, 1.165) is 53.5 Å². The summed E-state index contributed by atoms with van der Waals surface area (Å²) in [6.07, 6.45) is 21.9. The van der Waals surface area contributed by atoms with Crippen molar-refractivity contribution in [3.63, 3.8) is 0 Å². The highest BCUT2D eigenvalue weighted by Crippen LogP contribution is 2.48. The Morgan fingerprint density at radius 2 is 1.46 bits per heavy atom. The van der Waals surface area contributed by atoms with Crippen LogP contribution in [0.5, 0.6) is 11.5 Å². The Bertz CT molecular complexity index is 899. The Morgan fingerprint density at radius 1 is 0.946 bits per heavy atom. The van der Waals surface area contributed by atoms with E-state index in [1.165, 1.54) is 96.8 Å². The van der Waals surface area contributed by atoms with E-state index in [0.29, 0.717) is 4.90 Å². The molecule has 1 atom stereocenters. The monoisotopic (exact) mass is 532 g/mol. The number of hydrogen-bond donors (Lipinski definition) is 2. The van der Waals surface area contributed by atoms with Crippen LogP contribution in [0.3, 0.4) is 0 Å². The first-order valence-corrected chi connectivity index (χ1v) is 15.6. The molecule has 0 saturated carbocycles. The summed E-state index contributed by atoms with van der Waals surface area (Å²) in [7, 11) is 0. The van der Waals surface area contributed by atoms with Crippen molar-refractivity contribution in [3.05, 3.63) is 16.7 Å². The van der Waals surface area contributed by atoms with Crippen LogP contribution in [0.4, 0.5) is 0 Å². The van der Waals surface area contributed by atoms with Gasteiger partial charge < -0.3 is 15.6 Å². The van der Waals surface area contributed by atoms with E-state index in [2.05, 4.69) is 18.8 Å². The van der Waals surface area contributed by atoms with Crippen LogP contribution in [0.25, 0.3) is 0 Å². The minimum Gasteiger partial charge on any atom is -0.506 e. The molecule has 3 N–H and O–H groups in total. The lowest BCUT2D eigenvalue weighted by Gasteiger charge is -2.38. The van der Waals surface area contributed by atoms with Crippen LogP contribution in [0.15, 0.2) is 9.89 Å². The zero-order chi connectivity index (χ0) is 27.3. The molecular formula is C31H52N2O3S. The number of amides is 1. The molecule has 0 radical (unpaired) electrons. The maximum Gasteiger partial charge on any atom is 0.244 e. The van der Waals surface area contributed by atoms with Gasteiger partial charge in [-0.15, -0.1) is 0 Å². The lowest BCUT2D eigenvalue weighted by atomic mass is 9.86. The number of unbranched alkanes of at least 4 members (excludes halogenated alkanes) is 13.